The molecule has 2 N–H and O–H groups in total. The van der Waals surface area contributed by atoms with Crippen LogP contribution in [0.3, 0.4) is 0 Å². The van der Waals surface area contributed by atoms with Gasteiger partial charge in [-0.2, -0.15) is 0 Å². The smallest absolute Gasteiger partial charge is 0.246 e. The molecule has 39 heavy (non-hydrogen) atoms. The molecule has 2 bridgehead atoms. The number of hydrogen-bond donors (Lipinski definition) is 2. The van der Waals surface area contributed by atoms with Gasteiger partial charge >= 0.3 is 0 Å². The summed E-state index contributed by atoms with van der Waals surface area (Å²) in [5.74, 6) is -0.713. The Balaban J connectivity index is 1.19. The van der Waals surface area contributed by atoms with Crippen LogP contribution in [-0.2, 0) is 19.1 Å². The number of fused-ring (bicyclic) bond motifs is 1. The van der Waals surface area contributed by atoms with Crippen molar-refractivity contribution >= 4 is 23.4 Å². The molecule has 1 aliphatic carbocycles. The molecule has 0 aromatic heterocycles. The Bertz CT molecular complexity index is 1260. The summed E-state index contributed by atoms with van der Waals surface area (Å²) in [4.78, 5) is 42.7. The molecule has 3 fully saturated rings. The number of anilines is 1. The molecule has 6 rings (SSSR count). The van der Waals surface area contributed by atoms with E-state index in [0.29, 0.717) is 24.4 Å². The third kappa shape index (κ3) is 4.61. The second-order valence-corrected chi connectivity index (χ2v) is 11.0. The van der Waals surface area contributed by atoms with Gasteiger partial charge in [-0.15, -0.1) is 0 Å². The van der Waals surface area contributed by atoms with Crippen molar-refractivity contribution < 1.29 is 23.9 Å². The maximum Gasteiger partial charge on any atom is 0.246 e. The summed E-state index contributed by atoms with van der Waals surface area (Å²) in [5, 5.41) is 6.17. The van der Waals surface area contributed by atoms with Gasteiger partial charge in [0, 0.05) is 18.3 Å². The first-order valence-corrected chi connectivity index (χ1v) is 14.1. The van der Waals surface area contributed by atoms with E-state index >= 15 is 0 Å². The lowest BCUT2D eigenvalue weighted by atomic mass is 9.74. The number of rotatable bonds is 8. The number of benzene rings is 2. The van der Waals surface area contributed by atoms with Crippen LogP contribution in [0.4, 0.5) is 5.69 Å². The summed E-state index contributed by atoms with van der Waals surface area (Å²) in [6.45, 7) is 2.43. The number of carbonyl (C=O) groups is 3. The number of ether oxygens (including phenoxy) is 2. The van der Waals surface area contributed by atoms with E-state index in [-0.39, 0.29) is 23.8 Å². The minimum Gasteiger partial charge on any atom is -0.457 e. The van der Waals surface area contributed by atoms with Crippen molar-refractivity contribution in [3.63, 3.8) is 0 Å². The maximum atomic E-state index is 13.8. The third-order valence-electron chi connectivity index (χ3n) is 8.44. The Morgan fingerprint density at radius 3 is 2.44 bits per heavy atom. The molecular weight excluding hydrogens is 494 g/mol. The molecule has 1 saturated carbocycles. The van der Waals surface area contributed by atoms with Crippen molar-refractivity contribution in [2.24, 2.45) is 11.8 Å². The van der Waals surface area contributed by atoms with E-state index in [1.807, 2.05) is 49.4 Å². The van der Waals surface area contributed by atoms with Gasteiger partial charge in [0.1, 0.15) is 23.1 Å². The normalized spacial score (nSPS) is 29.4. The quantitative estimate of drug-likeness (QED) is 0.494. The maximum absolute atomic E-state index is 13.8. The number of para-hydroxylation sites is 1. The highest BCUT2D eigenvalue weighted by Crippen LogP contribution is 2.55. The van der Waals surface area contributed by atoms with Crippen molar-refractivity contribution in [2.75, 3.05) is 11.9 Å². The summed E-state index contributed by atoms with van der Waals surface area (Å²) >= 11 is 0. The zero-order chi connectivity index (χ0) is 27.0. The fourth-order valence-electron chi connectivity index (χ4n) is 6.73. The van der Waals surface area contributed by atoms with Gasteiger partial charge in [0.25, 0.3) is 0 Å². The molecule has 2 saturated heterocycles. The van der Waals surface area contributed by atoms with Crippen LogP contribution in [0.5, 0.6) is 11.5 Å². The lowest BCUT2D eigenvalue weighted by Crippen LogP contribution is -2.56. The average molecular weight is 530 g/mol. The zero-order valence-electron chi connectivity index (χ0n) is 22.2. The van der Waals surface area contributed by atoms with Crippen LogP contribution in [0, 0.1) is 11.8 Å². The summed E-state index contributed by atoms with van der Waals surface area (Å²) in [5.41, 5.74) is -0.519. The molecule has 8 heteroatoms. The number of nitrogens with one attached hydrogen (secondary N) is 2. The van der Waals surface area contributed by atoms with E-state index in [9.17, 15) is 14.4 Å². The second kappa shape index (κ2) is 10.5. The summed E-state index contributed by atoms with van der Waals surface area (Å²) in [7, 11) is 0. The Hall–Kier alpha value is -3.65. The largest absolute Gasteiger partial charge is 0.457 e. The molecule has 3 aliphatic heterocycles. The lowest BCUT2D eigenvalue weighted by molar-refractivity contribution is -0.141. The molecule has 3 heterocycles. The number of carbonyl (C=O) groups excluding carboxylic acids is 3. The Labute approximate surface area is 228 Å². The van der Waals surface area contributed by atoms with Gasteiger partial charge in [0.05, 0.1) is 17.9 Å². The van der Waals surface area contributed by atoms with E-state index in [1.165, 1.54) is 6.42 Å². The van der Waals surface area contributed by atoms with E-state index in [4.69, 9.17) is 9.47 Å². The molecule has 0 radical (unpaired) electrons. The standard InChI is InChI=1S/C31H35N3O5/c1-2-19-34-27(29(36)33-20-9-5-3-6-10-20)31-18-17-24(39-31)25(26(31)30(34)37)28(35)32-21-13-15-23(16-14-21)38-22-11-7-4-8-12-22/h4,7-8,11-18,20,24-27H,2-3,5-6,9-10,19H2,1H3,(H,32,35)(H,33,36)/t24-,25-,26-,27+,31+/m1/s1. The Morgan fingerprint density at radius 1 is 1.00 bits per heavy atom. The van der Waals surface area contributed by atoms with Crippen LogP contribution in [0.2, 0.25) is 0 Å². The van der Waals surface area contributed by atoms with Crippen LogP contribution < -0.4 is 15.4 Å². The van der Waals surface area contributed by atoms with Gasteiger partial charge < -0.3 is 25.0 Å². The summed E-state index contributed by atoms with van der Waals surface area (Å²) in [6, 6.07) is 15.9. The molecule has 204 valence electrons. The lowest BCUT2D eigenvalue weighted by Gasteiger charge is -2.34. The van der Waals surface area contributed by atoms with Gasteiger partial charge in [-0.25, -0.2) is 0 Å². The number of amides is 3. The van der Waals surface area contributed by atoms with Crippen molar-refractivity contribution in [1.29, 1.82) is 0 Å². The molecule has 0 unspecified atom stereocenters. The third-order valence-corrected chi connectivity index (χ3v) is 8.44. The van der Waals surface area contributed by atoms with E-state index in [2.05, 4.69) is 10.6 Å². The highest BCUT2D eigenvalue weighted by molar-refractivity contribution is 6.02. The predicted octanol–water partition coefficient (Wildman–Crippen LogP) is 4.43. The molecule has 1 spiro atoms. The van der Waals surface area contributed by atoms with E-state index in [0.717, 1.165) is 31.4 Å². The first-order chi connectivity index (χ1) is 19.0. The monoisotopic (exact) mass is 529 g/mol. The Morgan fingerprint density at radius 2 is 1.72 bits per heavy atom. The summed E-state index contributed by atoms with van der Waals surface area (Å²) < 4.78 is 12.2. The number of hydrogen-bond acceptors (Lipinski definition) is 5. The van der Waals surface area contributed by atoms with Gasteiger partial charge in [0.15, 0.2) is 0 Å². The van der Waals surface area contributed by atoms with Crippen molar-refractivity contribution in [2.45, 2.75) is 69.2 Å². The van der Waals surface area contributed by atoms with Gasteiger partial charge in [-0.3, -0.25) is 14.4 Å². The number of likely N-dealkylation sites (tertiary alicyclic amines) is 1. The van der Waals surface area contributed by atoms with E-state index in [1.54, 1.807) is 29.2 Å². The predicted molar refractivity (Wildman–Crippen MR) is 146 cm³/mol. The second-order valence-electron chi connectivity index (χ2n) is 11.0. The van der Waals surface area contributed by atoms with Gasteiger partial charge in [-0.1, -0.05) is 56.5 Å². The number of nitrogens with zero attached hydrogens (tertiary/aromatic N) is 1. The van der Waals surface area contributed by atoms with Crippen LogP contribution >= 0.6 is 0 Å². The van der Waals surface area contributed by atoms with Crippen molar-refractivity contribution in [1.82, 2.24) is 10.2 Å². The molecule has 3 amide bonds. The van der Waals surface area contributed by atoms with Gasteiger partial charge in [0.2, 0.25) is 17.7 Å². The minimum absolute atomic E-state index is 0.121. The molecule has 5 atom stereocenters. The zero-order valence-corrected chi connectivity index (χ0v) is 22.2. The molecule has 2 aromatic rings. The first kappa shape index (κ1) is 25.6. The highest BCUT2D eigenvalue weighted by Gasteiger charge is 2.72. The molecular formula is C31H35N3O5. The van der Waals surface area contributed by atoms with Gasteiger partial charge in [-0.05, 0) is 55.7 Å². The fraction of sp³-hybridized carbons (Fsp3) is 0.452. The summed E-state index contributed by atoms with van der Waals surface area (Å²) in [6.07, 6.45) is 9.17. The van der Waals surface area contributed by atoms with Crippen molar-refractivity contribution in [3.05, 3.63) is 66.7 Å². The molecule has 4 aliphatic rings. The highest BCUT2D eigenvalue weighted by atomic mass is 16.5. The van der Waals surface area contributed by atoms with Crippen LogP contribution in [-0.4, -0.2) is 53.0 Å². The van der Waals surface area contributed by atoms with E-state index < -0.39 is 29.6 Å². The average Bonchev–Trinajstić information content (AvgIpc) is 3.59. The first-order valence-electron chi connectivity index (χ1n) is 14.1. The molecule has 8 nitrogen and oxygen atoms in total. The van der Waals surface area contributed by atoms with Crippen LogP contribution in [0.1, 0.15) is 45.4 Å². The molecule has 2 aromatic carbocycles. The minimum atomic E-state index is -1.12. The van der Waals surface area contributed by atoms with Crippen LogP contribution in [0.25, 0.3) is 0 Å². The van der Waals surface area contributed by atoms with Crippen LogP contribution in [0.15, 0.2) is 66.7 Å². The Kier molecular flexibility index (Phi) is 6.89. The topological polar surface area (TPSA) is 97.0 Å². The van der Waals surface area contributed by atoms with Crippen molar-refractivity contribution in [3.8, 4) is 11.5 Å². The fourth-order valence-corrected chi connectivity index (χ4v) is 6.73. The SMILES string of the molecule is CCCN1C(=O)[C@H]2[C@H](C(=O)Nc3ccc(Oc4ccccc4)cc3)[C@H]3C=C[C@@]2(O3)[C@@H]1C(=O)NC1CCCCC1.